The van der Waals surface area contributed by atoms with Crippen LogP contribution in [0, 0.1) is 23.2 Å². The largest absolute Gasteiger partial charge is 0.464 e. The molecular weight excluding hydrogens is 292 g/mol. The Morgan fingerprint density at radius 3 is 1.95 bits per heavy atom. The van der Waals surface area contributed by atoms with E-state index in [0.29, 0.717) is 17.8 Å². The van der Waals surface area contributed by atoms with Gasteiger partial charge in [-0.3, -0.25) is 9.35 Å². The third kappa shape index (κ3) is 2.61. The molecule has 21 heavy (non-hydrogen) atoms. The molecule has 0 aliphatic heterocycles. The van der Waals surface area contributed by atoms with Crippen LogP contribution in [0.2, 0.25) is 0 Å². The number of esters is 1. The molecule has 4 fully saturated rings. The van der Waals surface area contributed by atoms with Gasteiger partial charge in [0, 0.05) is 0 Å². The Balaban J connectivity index is 1.69. The summed E-state index contributed by atoms with van der Waals surface area (Å²) in [6.07, 6.45) is 6.40. The van der Waals surface area contributed by atoms with Crippen molar-refractivity contribution in [3.05, 3.63) is 0 Å². The number of ether oxygens (including phenoxy) is 1. The monoisotopic (exact) mass is 316 g/mol. The van der Waals surface area contributed by atoms with Gasteiger partial charge < -0.3 is 4.74 Å². The van der Waals surface area contributed by atoms with Gasteiger partial charge in [-0.25, -0.2) is 0 Å². The maximum absolute atomic E-state index is 12.6. The molecule has 4 rings (SSSR count). The zero-order chi connectivity index (χ0) is 15.5. The van der Waals surface area contributed by atoms with Crippen molar-refractivity contribution >= 4 is 16.1 Å². The first-order valence-electron chi connectivity index (χ1n) is 7.76. The van der Waals surface area contributed by atoms with Crippen LogP contribution in [-0.2, 0) is 19.6 Å². The Kier molecular flexibility index (Phi) is 3.41. The molecule has 4 saturated carbocycles. The molecule has 0 unspecified atom stereocenters. The molecule has 5 nitrogen and oxygen atoms in total. The van der Waals surface area contributed by atoms with Crippen LogP contribution in [0.3, 0.4) is 0 Å². The second-order valence-corrected chi connectivity index (χ2v) is 10.1. The van der Waals surface area contributed by atoms with E-state index < -0.39 is 14.9 Å². The maximum atomic E-state index is 12.6. The van der Waals surface area contributed by atoms with Crippen LogP contribution >= 0.6 is 0 Å². The Morgan fingerprint density at radius 2 is 1.57 bits per heavy atom. The van der Waals surface area contributed by atoms with Gasteiger partial charge in [-0.15, -0.1) is 0 Å². The van der Waals surface area contributed by atoms with Crippen molar-refractivity contribution in [2.75, 3.05) is 6.61 Å². The average molecular weight is 316 g/mol. The molecule has 0 heterocycles. The second-order valence-electron chi connectivity index (χ2n) is 8.01. The van der Waals surface area contributed by atoms with E-state index >= 15 is 0 Å². The summed E-state index contributed by atoms with van der Waals surface area (Å²) in [6.45, 7) is 2.46. The highest BCUT2D eigenvalue weighted by Crippen LogP contribution is 2.60. The molecule has 0 spiro atoms. The standard InChI is InChI=1S/C15H24O5S/c1-14(2,21(17,18)19)9-20-13(16)15-6-10-3-11(7-15)5-12(4-10)8-15/h10-12H,3-9H2,1-2H3,(H,17,18,19). The lowest BCUT2D eigenvalue weighted by Crippen LogP contribution is -2.51. The zero-order valence-electron chi connectivity index (χ0n) is 12.7. The summed E-state index contributed by atoms with van der Waals surface area (Å²) in [4.78, 5) is 12.6. The second kappa shape index (κ2) is 4.69. The summed E-state index contributed by atoms with van der Waals surface area (Å²) in [5.74, 6) is 1.66. The molecule has 0 aromatic heterocycles. The molecule has 6 heteroatoms. The van der Waals surface area contributed by atoms with Crippen LogP contribution in [0.25, 0.3) is 0 Å². The van der Waals surface area contributed by atoms with Gasteiger partial charge in [-0.05, 0) is 70.1 Å². The normalized spacial score (nSPS) is 38.5. The first-order chi connectivity index (χ1) is 9.61. The Bertz CT molecular complexity index is 513. The third-order valence-electron chi connectivity index (χ3n) is 5.72. The van der Waals surface area contributed by atoms with Crippen molar-refractivity contribution in [3.63, 3.8) is 0 Å². The van der Waals surface area contributed by atoms with E-state index in [4.69, 9.17) is 4.74 Å². The van der Waals surface area contributed by atoms with Gasteiger partial charge in [0.1, 0.15) is 11.4 Å². The number of hydrogen-bond donors (Lipinski definition) is 1. The fraction of sp³-hybridized carbons (Fsp3) is 0.933. The molecule has 4 aliphatic carbocycles. The number of rotatable bonds is 4. The van der Waals surface area contributed by atoms with Crippen molar-refractivity contribution in [1.29, 1.82) is 0 Å². The minimum Gasteiger partial charge on any atom is -0.464 e. The summed E-state index contributed by atoms with van der Waals surface area (Å²) in [6, 6.07) is 0. The molecular formula is C15H24O5S. The van der Waals surface area contributed by atoms with Crippen molar-refractivity contribution < 1.29 is 22.5 Å². The lowest BCUT2D eigenvalue weighted by molar-refractivity contribution is -0.172. The van der Waals surface area contributed by atoms with Crippen LogP contribution in [0.4, 0.5) is 0 Å². The van der Waals surface area contributed by atoms with E-state index in [1.165, 1.54) is 33.1 Å². The third-order valence-corrected chi connectivity index (χ3v) is 7.23. The predicted molar refractivity (Wildman–Crippen MR) is 77.2 cm³/mol. The van der Waals surface area contributed by atoms with Gasteiger partial charge in [0.25, 0.3) is 10.1 Å². The molecule has 0 aromatic carbocycles. The summed E-state index contributed by atoms with van der Waals surface area (Å²) < 4.78 is 35.6. The SMILES string of the molecule is CC(C)(COC(=O)C12CC3CC(CC(C3)C1)C2)S(=O)(=O)O. The highest BCUT2D eigenvalue weighted by molar-refractivity contribution is 7.87. The summed E-state index contributed by atoms with van der Waals surface area (Å²) >= 11 is 0. The Hall–Kier alpha value is -0.620. The summed E-state index contributed by atoms with van der Waals surface area (Å²) in [5.41, 5.74) is -0.385. The molecule has 0 aromatic rings. The highest BCUT2D eigenvalue weighted by atomic mass is 32.2. The Labute approximate surface area is 126 Å². The van der Waals surface area contributed by atoms with Crippen LogP contribution in [-0.4, -0.2) is 30.3 Å². The molecule has 1 N–H and O–H groups in total. The number of hydrogen-bond acceptors (Lipinski definition) is 4. The van der Waals surface area contributed by atoms with Crippen LogP contribution in [0.15, 0.2) is 0 Å². The predicted octanol–water partition coefficient (Wildman–Crippen LogP) is 2.41. The van der Waals surface area contributed by atoms with Crippen LogP contribution in [0.5, 0.6) is 0 Å². The van der Waals surface area contributed by atoms with Gasteiger partial charge in [0.2, 0.25) is 0 Å². The fourth-order valence-corrected chi connectivity index (χ4v) is 5.04. The highest BCUT2D eigenvalue weighted by Gasteiger charge is 2.55. The molecule has 0 radical (unpaired) electrons. The van der Waals surface area contributed by atoms with Crippen molar-refractivity contribution in [2.24, 2.45) is 23.2 Å². The minimum absolute atomic E-state index is 0.252. The fourth-order valence-electron chi connectivity index (χ4n) is 4.83. The average Bonchev–Trinajstić information content (AvgIpc) is 2.32. The maximum Gasteiger partial charge on any atom is 0.312 e. The van der Waals surface area contributed by atoms with Crippen LogP contribution < -0.4 is 0 Å². The van der Waals surface area contributed by atoms with E-state index in [0.717, 1.165) is 19.3 Å². The van der Waals surface area contributed by atoms with E-state index in [9.17, 15) is 17.8 Å². The summed E-state index contributed by atoms with van der Waals surface area (Å²) in [7, 11) is -4.23. The number of carbonyl (C=O) groups excluding carboxylic acids is 1. The molecule has 4 bridgehead atoms. The molecule has 0 saturated heterocycles. The summed E-state index contributed by atoms with van der Waals surface area (Å²) in [5, 5.41) is 0. The number of carbonyl (C=O) groups is 1. The Morgan fingerprint density at radius 1 is 1.14 bits per heavy atom. The van der Waals surface area contributed by atoms with Crippen LogP contribution in [0.1, 0.15) is 52.4 Å². The van der Waals surface area contributed by atoms with E-state index in [2.05, 4.69) is 0 Å². The van der Waals surface area contributed by atoms with Crippen molar-refractivity contribution in [2.45, 2.75) is 57.1 Å². The molecule has 120 valence electrons. The van der Waals surface area contributed by atoms with Gasteiger partial charge in [-0.2, -0.15) is 8.42 Å². The van der Waals surface area contributed by atoms with Gasteiger partial charge in [0.15, 0.2) is 0 Å². The van der Waals surface area contributed by atoms with Gasteiger partial charge >= 0.3 is 5.97 Å². The van der Waals surface area contributed by atoms with Gasteiger partial charge in [-0.1, -0.05) is 0 Å². The topological polar surface area (TPSA) is 80.7 Å². The lowest BCUT2D eigenvalue weighted by Gasteiger charge is -2.55. The minimum atomic E-state index is -4.23. The molecule has 0 atom stereocenters. The van der Waals surface area contributed by atoms with Crippen molar-refractivity contribution in [1.82, 2.24) is 0 Å². The first kappa shape index (κ1) is 15.3. The van der Waals surface area contributed by atoms with Gasteiger partial charge in [0.05, 0.1) is 5.41 Å². The molecule has 0 amide bonds. The quantitative estimate of drug-likeness (QED) is 0.636. The van der Waals surface area contributed by atoms with E-state index in [1.54, 1.807) is 0 Å². The van der Waals surface area contributed by atoms with Crippen molar-refractivity contribution in [3.8, 4) is 0 Å². The first-order valence-corrected chi connectivity index (χ1v) is 9.20. The zero-order valence-corrected chi connectivity index (χ0v) is 13.5. The molecule has 4 aliphatic rings. The van der Waals surface area contributed by atoms with E-state index in [-0.39, 0.29) is 18.0 Å². The lowest BCUT2D eigenvalue weighted by atomic mass is 9.49. The smallest absolute Gasteiger partial charge is 0.312 e. The van der Waals surface area contributed by atoms with E-state index in [1.807, 2.05) is 0 Å².